The van der Waals surface area contributed by atoms with Gasteiger partial charge in [0.2, 0.25) is 0 Å². The fourth-order valence-electron chi connectivity index (χ4n) is 0.190. The Labute approximate surface area is 107 Å². The van der Waals surface area contributed by atoms with Crippen LogP contribution in [0.25, 0.3) is 0 Å². The second-order valence-electron chi connectivity index (χ2n) is 0.954. The van der Waals surface area contributed by atoms with Crippen molar-refractivity contribution in [1.82, 2.24) is 0 Å². The van der Waals surface area contributed by atoms with E-state index in [0.717, 1.165) is 0 Å². The van der Waals surface area contributed by atoms with Crippen molar-refractivity contribution in [2.24, 2.45) is 0 Å². The van der Waals surface area contributed by atoms with Crippen LogP contribution in [-0.2, 0) is 20.1 Å². The van der Waals surface area contributed by atoms with E-state index in [2.05, 4.69) is 6.58 Å². The van der Waals surface area contributed by atoms with Gasteiger partial charge in [0.1, 0.15) is 0 Å². The molecule has 0 aliphatic heterocycles. The van der Waals surface area contributed by atoms with Gasteiger partial charge in [-0.3, -0.25) is 0 Å². The van der Waals surface area contributed by atoms with Gasteiger partial charge in [-0.25, -0.2) is 18.6 Å². The summed E-state index contributed by atoms with van der Waals surface area (Å²) < 4.78 is 0. The van der Waals surface area contributed by atoms with Crippen molar-refractivity contribution in [3.8, 4) is 0 Å². The first-order chi connectivity index (χ1) is 2.91. The molecule has 0 saturated carbocycles. The SMILES string of the molecule is C=CC=C[CH-]C.[Cl-].[Cl-].[Cl-].[Cl-].[Ir]. The van der Waals surface area contributed by atoms with Gasteiger partial charge in [-0.2, -0.15) is 6.08 Å². The van der Waals surface area contributed by atoms with Gasteiger partial charge < -0.3 is 49.6 Å². The molecule has 0 rings (SSSR count). The fraction of sp³-hybridized carbons (Fsp3) is 0.167. The largest absolute Gasteiger partial charge is 1.00 e. The van der Waals surface area contributed by atoms with Crippen LogP contribution in [-0.4, -0.2) is 0 Å². The van der Waals surface area contributed by atoms with E-state index in [0.29, 0.717) is 0 Å². The van der Waals surface area contributed by atoms with Crippen LogP contribution in [0.4, 0.5) is 0 Å². The molecule has 0 bridgehead atoms. The molecule has 0 spiro atoms. The summed E-state index contributed by atoms with van der Waals surface area (Å²) >= 11 is 0. The molecular formula is C6H9Cl4Ir-5. The third kappa shape index (κ3) is 54.1. The summed E-state index contributed by atoms with van der Waals surface area (Å²) in [6, 6.07) is 0. The Bertz CT molecular complexity index is 65.6. The first-order valence-corrected chi connectivity index (χ1v) is 1.99. The Hall–Kier alpha value is 1.16. The quantitative estimate of drug-likeness (QED) is 0.311. The third-order valence-corrected chi connectivity index (χ3v) is 0.440. The molecule has 0 nitrogen and oxygen atoms in total. The summed E-state index contributed by atoms with van der Waals surface area (Å²) in [5.41, 5.74) is 0. The zero-order valence-electron chi connectivity index (χ0n) is 5.86. The Morgan fingerprint density at radius 3 is 1.55 bits per heavy atom. The normalized spacial score (nSPS) is 4.82. The molecule has 75 valence electrons. The second-order valence-corrected chi connectivity index (χ2v) is 0.954. The molecule has 5 heteroatoms. The van der Waals surface area contributed by atoms with E-state index in [1.165, 1.54) is 0 Å². The Morgan fingerprint density at radius 1 is 1.09 bits per heavy atom. The van der Waals surface area contributed by atoms with Crippen molar-refractivity contribution in [1.29, 1.82) is 0 Å². The van der Waals surface area contributed by atoms with Crippen molar-refractivity contribution in [3.63, 3.8) is 0 Å². The summed E-state index contributed by atoms with van der Waals surface area (Å²) in [6.07, 6.45) is 7.54. The van der Waals surface area contributed by atoms with Crippen LogP contribution in [0.3, 0.4) is 0 Å². The van der Waals surface area contributed by atoms with Gasteiger partial charge in [0.15, 0.2) is 0 Å². The van der Waals surface area contributed by atoms with E-state index >= 15 is 0 Å². The van der Waals surface area contributed by atoms with Crippen LogP contribution >= 0.6 is 0 Å². The fourth-order valence-corrected chi connectivity index (χ4v) is 0.190. The molecule has 11 heavy (non-hydrogen) atoms. The van der Waals surface area contributed by atoms with Gasteiger partial charge >= 0.3 is 0 Å². The zero-order valence-corrected chi connectivity index (χ0v) is 11.3. The van der Waals surface area contributed by atoms with Crippen LogP contribution in [0, 0.1) is 6.42 Å². The van der Waals surface area contributed by atoms with Gasteiger partial charge in [0.05, 0.1) is 0 Å². The van der Waals surface area contributed by atoms with E-state index < -0.39 is 0 Å². The van der Waals surface area contributed by atoms with E-state index in [-0.39, 0.29) is 69.7 Å². The molecule has 0 N–H and O–H groups in total. The first-order valence-electron chi connectivity index (χ1n) is 1.99. The van der Waals surface area contributed by atoms with Crippen molar-refractivity contribution < 1.29 is 69.7 Å². The molecule has 0 aliphatic rings. The van der Waals surface area contributed by atoms with Crippen LogP contribution in [0.1, 0.15) is 6.92 Å². The molecule has 0 unspecified atom stereocenters. The van der Waals surface area contributed by atoms with Gasteiger partial charge in [0, 0.05) is 20.1 Å². The number of allylic oxidation sites excluding steroid dienone is 3. The van der Waals surface area contributed by atoms with Crippen LogP contribution < -0.4 is 49.6 Å². The van der Waals surface area contributed by atoms with E-state index in [4.69, 9.17) is 0 Å². The molecule has 0 aliphatic carbocycles. The summed E-state index contributed by atoms with van der Waals surface area (Å²) in [4.78, 5) is 0. The average molecular weight is 415 g/mol. The van der Waals surface area contributed by atoms with E-state index in [9.17, 15) is 0 Å². The molecule has 0 saturated heterocycles. The Balaban J connectivity index is -0.0000000125. The maximum atomic E-state index is 3.49. The number of rotatable bonds is 2. The smallest absolute Gasteiger partial charge is 0 e. The predicted molar refractivity (Wildman–Crippen MR) is 29.3 cm³/mol. The van der Waals surface area contributed by atoms with Gasteiger partial charge in [-0.05, 0) is 0 Å². The average Bonchev–Trinajstić information content (AvgIpc) is 1.61. The molecule has 1 radical (unpaired) electrons. The molecule has 0 heterocycles. The minimum Gasteiger partial charge on any atom is -1.00 e. The molecular weight excluding hydrogens is 406 g/mol. The maximum Gasteiger partial charge on any atom is 0 e. The minimum atomic E-state index is 0. The maximum absolute atomic E-state index is 3.49. The van der Waals surface area contributed by atoms with E-state index in [1.54, 1.807) is 6.08 Å². The Morgan fingerprint density at radius 2 is 1.45 bits per heavy atom. The van der Waals surface area contributed by atoms with Crippen molar-refractivity contribution >= 4 is 0 Å². The van der Waals surface area contributed by atoms with Gasteiger partial charge in [0.25, 0.3) is 0 Å². The zero-order chi connectivity index (χ0) is 4.83. The topological polar surface area (TPSA) is 0 Å². The molecule has 0 aromatic carbocycles. The standard InChI is InChI=1S/C6H9.4ClH.Ir/c1-3-5-6-4-2;;;;;/h3-6H,1H2,2H3;4*1H;/q-1;;;;;/p-4. The van der Waals surface area contributed by atoms with Crippen LogP contribution in [0.5, 0.6) is 0 Å². The monoisotopic (exact) mass is 414 g/mol. The number of hydrogen-bond donors (Lipinski definition) is 0. The minimum absolute atomic E-state index is 0. The van der Waals surface area contributed by atoms with Crippen LogP contribution in [0.2, 0.25) is 0 Å². The summed E-state index contributed by atoms with van der Waals surface area (Å²) in [6.45, 7) is 5.46. The van der Waals surface area contributed by atoms with Gasteiger partial charge in [-0.15, -0.1) is 13.5 Å². The van der Waals surface area contributed by atoms with Crippen molar-refractivity contribution in [2.75, 3.05) is 0 Å². The second kappa shape index (κ2) is 43.3. The van der Waals surface area contributed by atoms with Crippen molar-refractivity contribution in [2.45, 2.75) is 6.92 Å². The summed E-state index contributed by atoms with van der Waals surface area (Å²) in [5.74, 6) is 0. The molecule has 0 atom stereocenters. The number of halogens is 4. The predicted octanol–water partition coefficient (Wildman–Crippen LogP) is -10.0. The van der Waals surface area contributed by atoms with Crippen molar-refractivity contribution in [3.05, 3.63) is 31.2 Å². The van der Waals surface area contributed by atoms with E-state index in [1.807, 2.05) is 25.5 Å². The molecule has 0 aromatic rings. The van der Waals surface area contributed by atoms with Crippen LogP contribution in [0.15, 0.2) is 24.8 Å². The third-order valence-electron chi connectivity index (χ3n) is 0.440. The Kier molecular flexibility index (Phi) is 157. The van der Waals surface area contributed by atoms with Gasteiger partial charge in [-0.1, -0.05) is 0 Å². The molecule has 0 amide bonds. The summed E-state index contributed by atoms with van der Waals surface area (Å²) in [7, 11) is 0. The molecule has 0 fully saturated rings. The first kappa shape index (κ1) is 39.9. The summed E-state index contributed by atoms with van der Waals surface area (Å²) in [5, 5.41) is 0. The number of hydrogen-bond acceptors (Lipinski definition) is 0. The molecule has 0 aromatic heterocycles.